The van der Waals surface area contributed by atoms with Gasteiger partial charge >= 0.3 is 11.1 Å². The van der Waals surface area contributed by atoms with E-state index in [2.05, 4.69) is 10.1 Å². The smallest absolute Gasteiger partial charge is 0.328 e. The molecule has 8 heteroatoms. The van der Waals surface area contributed by atoms with Crippen LogP contribution in [0.25, 0.3) is 0 Å². The first kappa shape index (κ1) is 15.5. The van der Waals surface area contributed by atoms with Crippen molar-refractivity contribution in [3.05, 3.63) is 50.3 Å². The number of nitrogens with one attached hydrogen (secondary N) is 1. The van der Waals surface area contributed by atoms with Crippen LogP contribution in [-0.2, 0) is 13.5 Å². The fourth-order valence-electron chi connectivity index (χ4n) is 1.80. The highest BCUT2D eigenvalue weighted by Gasteiger charge is 2.14. The SMILES string of the molecule is CC(N)Cc1c(F)cccc1Sc1nc(=O)c(=O)[nH]n1C. The zero-order chi connectivity index (χ0) is 15.6. The van der Waals surface area contributed by atoms with Gasteiger partial charge < -0.3 is 5.73 Å². The van der Waals surface area contributed by atoms with E-state index in [1.807, 2.05) is 0 Å². The Balaban J connectivity index is 2.45. The molecule has 3 N–H and O–H groups in total. The monoisotopic (exact) mass is 310 g/mol. The summed E-state index contributed by atoms with van der Waals surface area (Å²) in [6, 6.07) is 4.46. The van der Waals surface area contributed by atoms with E-state index < -0.39 is 11.1 Å². The van der Waals surface area contributed by atoms with Gasteiger partial charge in [0.05, 0.1) is 0 Å². The number of halogens is 1. The van der Waals surface area contributed by atoms with Crippen LogP contribution in [0.4, 0.5) is 4.39 Å². The normalized spacial score (nSPS) is 12.4. The molecule has 0 bridgehead atoms. The minimum atomic E-state index is -0.874. The third-order valence-corrected chi connectivity index (χ3v) is 3.90. The molecule has 2 aromatic rings. The molecule has 2 rings (SSSR count). The van der Waals surface area contributed by atoms with E-state index in [0.717, 1.165) is 11.8 Å². The fraction of sp³-hybridized carbons (Fsp3) is 0.308. The number of aryl methyl sites for hydroxylation is 1. The fourth-order valence-corrected chi connectivity index (χ4v) is 2.76. The summed E-state index contributed by atoms with van der Waals surface area (Å²) >= 11 is 1.11. The molecule has 1 aromatic carbocycles. The Morgan fingerprint density at radius 3 is 2.86 bits per heavy atom. The first-order valence-corrected chi connectivity index (χ1v) is 7.08. The van der Waals surface area contributed by atoms with E-state index in [1.54, 1.807) is 26.1 Å². The predicted molar refractivity (Wildman–Crippen MR) is 78.0 cm³/mol. The highest BCUT2D eigenvalue weighted by Crippen LogP contribution is 2.30. The molecule has 0 aliphatic heterocycles. The van der Waals surface area contributed by atoms with Crippen molar-refractivity contribution < 1.29 is 4.39 Å². The molecule has 1 aromatic heterocycles. The molecule has 0 amide bonds. The molecule has 0 aliphatic carbocycles. The van der Waals surface area contributed by atoms with Crippen LogP contribution >= 0.6 is 11.8 Å². The molecule has 21 heavy (non-hydrogen) atoms. The standard InChI is InChI=1S/C13H15FN4O2S/c1-7(15)6-8-9(14)4-3-5-10(8)21-13-16-11(19)12(20)17-18(13)2/h3-5,7H,6,15H2,1-2H3,(H,17,20). The molecule has 112 valence electrons. The van der Waals surface area contributed by atoms with Crippen LogP contribution in [-0.4, -0.2) is 20.8 Å². The van der Waals surface area contributed by atoms with Gasteiger partial charge in [-0.15, -0.1) is 0 Å². The molecule has 1 heterocycles. The van der Waals surface area contributed by atoms with Crippen molar-refractivity contribution in [1.29, 1.82) is 0 Å². The maximum atomic E-state index is 13.9. The van der Waals surface area contributed by atoms with Gasteiger partial charge in [-0.25, -0.2) is 4.39 Å². The van der Waals surface area contributed by atoms with Crippen molar-refractivity contribution in [3.8, 4) is 0 Å². The molecule has 0 fully saturated rings. The van der Waals surface area contributed by atoms with E-state index in [0.29, 0.717) is 16.9 Å². The average Bonchev–Trinajstić information content (AvgIpc) is 2.39. The summed E-state index contributed by atoms with van der Waals surface area (Å²) in [7, 11) is 1.56. The van der Waals surface area contributed by atoms with Gasteiger partial charge in [0.1, 0.15) is 5.82 Å². The summed E-state index contributed by atoms with van der Waals surface area (Å²) in [5, 5.41) is 2.62. The van der Waals surface area contributed by atoms with Gasteiger partial charge in [0, 0.05) is 23.5 Å². The second-order valence-electron chi connectivity index (χ2n) is 4.70. The zero-order valence-corrected chi connectivity index (χ0v) is 12.4. The number of nitrogens with zero attached hydrogens (tertiary/aromatic N) is 2. The minimum Gasteiger partial charge on any atom is -0.328 e. The summed E-state index contributed by atoms with van der Waals surface area (Å²) in [4.78, 5) is 26.8. The molecule has 0 spiro atoms. The summed E-state index contributed by atoms with van der Waals surface area (Å²) < 4.78 is 15.3. The number of aromatic nitrogens is 3. The van der Waals surface area contributed by atoms with Gasteiger partial charge in [0.15, 0.2) is 5.16 Å². The van der Waals surface area contributed by atoms with Gasteiger partial charge in [0.25, 0.3) is 0 Å². The Morgan fingerprint density at radius 1 is 1.48 bits per heavy atom. The number of H-pyrrole nitrogens is 1. The van der Waals surface area contributed by atoms with Crippen LogP contribution < -0.4 is 16.9 Å². The highest BCUT2D eigenvalue weighted by molar-refractivity contribution is 7.99. The van der Waals surface area contributed by atoms with Crippen LogP contribution in [0.15, 0.2) is 37.8 Å². The molecular weight excluding hydrogens is 295 g/mol. The lowest BCUT2D eigenvalue weighted by atomic mass is 10.1. The van der Waals surface area contributed by atoms with Gasteiger partial charge in [0.2, 0.25) is 0 Å². The summed E-state index contributed by atoms with van der Waals surface area (Å²) in [5.41, 5.74) is 4.54. The average molecular weight is 310 g/mol. The Kier molecular flexibility index (Phi) is 4.59. The quantitative estimate of drug-likeness (QED) is 0.809. The highest BCUT2D eigenvalue weighted by atomic mass is 32.2. The molecule has 0 saturated heterocycles. The van der Waals surface area contributed by atoms with E-state index in [1.165, 1.54) is 10.7 Å². The number of benzene rings is 1. The minimum absolute atomic E-state index is 0.200. The Bertz CT molecular complexity index is 769. The first-order valence-electron chi connectivity index (χ1n) is 6.26. The third kappa shape index (κ3) is 3.59. The number of hydrogen-bond donors (Lipinski definition) is 2. The van der Waals surface area contributed by atoms with Crippen LogP contribution in [0, 0.1) is 5.82 Å². The largest absolute Gasteiger partial charge is 0.339 e. The van der Waals surface area contributed by atoms with Crippen molar-refractivity contribution >= 4 is 11.8 Å². The molecular formula is C13H15FN4O2S. The maximum Gasteiger partial charge on any atom is 0.339 e. The van der Waals surface area contributed by atoms with Crippen LogP contribution in [0.5, 0.6) is 0 Å². The van der Waals surface area contributed by atoms with Crippen LogP contribution in [0.3, 0.4) is 0 Å². The van der Waals surface area contributed by atoms with E-state index in [9.17, 15) is 14.0 Å². The Morgan fingerprint density at radius 2 is 2.19 bits per heavy atom. The molecule has 6 nitrogen and oxygen atoms in total. The topological polar surface area (TPSA) is 93.8 Å². The lowest BCUT2D eigenvalue weighted by Crippen LogP contribution is -2.33. The Hall–Kier alpha value is -1.93. The summed E-state index contributed by atoms with van der Waals surface area (Å²) in [6.07, 6.45) is 0.367. The number of rotatable bonds is 4. The second kappa shape index (κ2) is 6.23. The van der Waals surface area contributed by atoms with Gasteiger partial charge in [-0.3, -0.25) is 19.4 Å². The van der Waals surface area contributed by atoms with Crippen molar-refractivity contribution in [1.82, 2.24) is 14.8 Å². The lowest BCUT2D eigenvalue weighted by molar-refractivity contribution is 0.585. The number of nitrogens with two attached hydrogens (primary N) is 1. The van der Waals surface area contributed by atoms with Crippen molar-refractivity contribution in [2.75, 3.05) is 0 Å². The summed E-state index contributed by atoms with van der Waals surface area (Å²) in [6.45, 7) is 1.79. The molecule has 0 aliphatic rings. The zero-order valence-electron chi connectivity index (χ0n) is 11.6. The van der Waals surface area contributed by atoms with Gasteiger partial charge in [-0.05, 0) is 37.2 Å². The molecule has 1 atom stereocenters. The lowest BCUT2D eigenvalue weighted by Gasteiger charge is -2.13. The second-order valence-corrected chi connectivity index (χ2v) is 5.71. The predicted octanol–water partition coefficient (Wildman–Crippen LogP) is 0.649. The molecule has 0 radical (unpaired) electrons. The van der Waals surface area contributed by atoms with Gasteiger partial charge in [-0.2, -0.15) is 4.98 Å². The molecule has 0 saturated carbocycles. The number of hydrogen-bond acceptors (Lipinski definition) is 5. The van der Waals surface area contributed by atoms with E-state index in [4.69, 9.17) is 5.73 Å². The van der Waals surface area contributed by atoms with Crippen molar-refractivity contribution in [2.24, 2.45) is 12.8 Å². The Labute approximate surface area is 124 Å². The number of aromatic amines is 1. The van der Waals surface area contributed by atoms with Crippen molar-refractivity contribution in [2.45, 2.75) is 29.4 Å². The first-order chi connectivity index (χ1) is 9.88. The van der Waals surface area contributed by atoms with Gasteiger partial charge in [-0.1, -0.05) is 6.07 Å². The maximum absolute atomic E-state index is 13.9. The third-order valence-electron chi connectivity index (χ3n) is 2.75. The van der Waals surface area contributed by atoms with Crippen molar-refractivity contribution in [3.63, 3.8) is 0 Å². The summed E-state index contributed by atoms with van der Waals surface area (Å²) in [5.74, 6) is -0.355. The van der Waals surface area contributed by atoms with Crippen LogP contribution in [0.1, 0.15) is 12.5 Å². The van der Waals surface area contributed by atoms with E-state index >= 15 is 0 Å². The van der Waals surface area contributed by atoms with Crippen LogP contribution in [0.2, 0.25) is 0 Å². The molecule has 1 unspecified atom stereocenters. The van der Waals surface area contributed by atoms with E-state index in [-0.39, 0.29) is 17.0 Å².